The van der Waals surface area contributed by atoms with Crippen molar-refractivity contribution in [1.82, 2.24) is 14.7 Å². The molecule has 0 aliphatic carbocycles. The highest BCUT2D eigenvalue weighted by atomic mass is 16.5. The minimum absolute atomic E-state index is 0.0434. The fraction of sp³-hybridized carbons (Fsp3) is 0.774. The fourth-order valence-corrected chi connectivity index (χ4v) is 7.43. The predicted octanol–water partition coefficient (Wildman–Crippen LogP) is 3.64. The molecular weight excluding hydrogens is 494 g/mol. The first kappa shape index (κ1) is 31.3. The summed E-state index contributed by atoms with van der Waals surface area (Å²) in [6, 6.07) is -1.50. The molecule has 0 radical (unpaired) electrons. The number of likely N-dealkylation sites (tertiary alicyclic amines) is 1. The zero-order valence-corrected chi connectivity index (χ0v) is 25.4. The van der Waals surface area contributed by atoms with Crippen molar-refractivity contribution in [3.05, 3.63) is 25.3 Å². The molecule has 3 saturated heterocycles. The molecule has 3 amide bonds. The van der Waals surface area contributed by atoms with Gasteiger partial charge in [-0.2, -0.15) is 0 Å². The van der Waals surface area contributed by atoms with Gasteiger partial charge in [0.05, 0.1) is 30.1 Å². The molecule has 220 valence electrons. The van der Waals surface area contributed by atoms with Gasteiger partial charge in [0.25, 0.3) is 0 Å². The van der Waals surface area contributed by atoms with Crippen LogP contribution in [0.15, 0.2) is 25.3 Å². The van der Waals surface area contributed by atoms with Gasteiger partial charge in [-0.15, -0.1) is 13.2 Å². The third-order valence-electron chi connectivity index (χ3n) is 9.14. The lowest BCUT2D eigenvalue weighted by Crippen LogP contribution is -2.62. The van der Waals surface area contributed by atoms with E-state index in [0.29, 0.717) is 32.5 Å². The molecule has 3 unspecified atom stereocenters. The Kier molecular flexibility index (Phi) is 9.13. The van der Waals surface area contributed by atoms with Crippen molar-refractivity contribution in [3.8, 4) is 0 Å². The molecule has 8 heteroatoms. The molecule has 1 N–H and O–H groups in total. The summed E-state index contributed by atoms with van der Waals surface area (Å²) >= 11 is 0. The van der Waals surface area contributed by atoms with Gasteiger partial charge in [0.2, 0.25) is 17.7 Å². The first-order chi connectivity index (χ1) is 18.2. The van der Waals surface area contributed by atoms with E-state index in [1.54, 1.807) is 26.9 Å². The number of hydrogen-bond donors (Lipinski definition) is 1. The molecule has 3 heterocycles. The molecule has 3 aliphatic heterocycles. The van der Waals surface area contributed by atoms with E-state index in [0.717, 1.165) is 6.42 Å². The Morgan fingerprint density at radius 3 is 2.31 bits per heavy atom. The van der Waals surface area contributed by atoms with Gasteiger partial charge < -0.3 is 24.5 Å². The van der Waals surface area contributed by atoms with Crippen LogP contribution in [-0.2, 0) is 19.1 Å². The number of carbonyl (C=O) groups excluding carboxylic acids is 3. The van der Waals surface area contributed by atoms with Crippen LogP contribution in [0.2, 0.25) is 0 Å². The monoisotopic (exact) mass is 545 g/mol. The average molecular weight is 546 g/mol. The maximum Gasteiger partial charge on any atom is 0.249 e. The number of nitrogens with zero attached hydrogens (tertiary/aromatic N) is 3. The van der Waals surface area contributed by atoms with Crippen molar-refractivity contribution >= 4 is 17.7 Å². The first-order valence-corrected chi connectivity index (χ1v) is 14.6. The van der Waals surface area contributed by atoms with Crippen LogP contribution in [0.3, 0.4) is 0 Å². The number of aliphatic hydroxyl groups is 1. The van der Waals surface area contributed by atoms with E-state index in [1.807, 2.05) is 48.5 Å². The maximum atomic E-state index is 14.6. The molecular formula is C31H51N3O5. The number of carbonyl (C=O) groups is 3. The maximum absolute atomic E-state index is 14.6. The largest absolute Gasteiger partial charge is 0.394 e. The Morgan fingerprint density at radius 2 is 1.82 bits per heavy atom. The van der Waals surface area contributed by atoms with Crippen LogP contribution in [0.5, 0.6) is 0 Å². The van der Waals surface area contributed by atoms with Crippen LogP contribution in [0.1, 0.15) is 74.7 Å². The molecule has 8 nitrogen and oxygen atoms in total. The van der Waals surface area contributed by atoms with Crippen molar-refractivity contribution < 1.29 is 24.2 Å². The van der Waals surface area contributed by atoms with Crippen LogP contribution in [0.25, 0.3) is 0 Å². The second-order valence-corrected chi connectivity index (χ2v) is 13.4. The van der Waals surface area contributed by atoms with Crippen LogP contribution < -0.4 is 0 Å². The summed E-state index contributed by atoms with van der Waals surface area (Å²) in [6.45, 7) is 24.7. The van der Waals surface area contributed by atoms with Crippen LogP contribution >= 0.6 is 0 Å². The molecule has 3 aliphatic rings. The van der Waals surface area contributed by atoms with E-state index in [9.17, 15) is 19.5 Å². The van der Waals surface area contributed by atoms with Gasteiger partial charge in [-0.25, -0.2) is 0 Å². The van der Waals surface area contributed by atoms with Crippen molar-refractivity contribution in [2.75, 3.05) is 26.2 Å². The summed E-state index contributed by atoms with van der Waals surface area (Å²) in [7, 11) is 0. The molecule has 3 fully saturated rings. The molecule has 0 saturated carbocycles. The van der Waals surface area contributed by atoms with Crippen molar-refractivity contribution in [2.24, 2.45) is 23.7 Å². The normalized spacial score (nSPS) is 32.4. The summed E-state index contributed by atoms with van der Waals surface area (Å²) in [4.78, 5) is 48.5. The van der Waals surface area contributed by atoms with E-state index < -0.39 is 40.7 Å². The van der Waals surface area contributed by atoms with Gasteiger partial charge in [-0.1, -0.05) is 39.8 Å². The number of ether oxygens (including phenoxy) is 1. The molecule has 7 atom stereocenters. The number of fused-ring (bicyclic) bond motifs is 1. The smallest absolute Gasteiger partial charge is 0.249 e. The molecule has 0 aromatic rings. The average Bonchev–Trinajstić information content (AvgIpc) is 3.36. The number of rotatable bonds is 12. The Morgan fingerprint density at radius 1 is 1.21 bits per heavy atom. The lowest BCUT2D eigenvalue weighted by molar-refractivity contribution is -0.160. The fourth-order valence-electron chi connectivity index (χ4n) is 7.43. The third kappa shape index (κ3) is 5.08. The van der Waals surface area contributed by atoms with Crippen molar-refractivity contribution in [3.63, 3.8) is 0 Å². The van der Waals surface area contributed by atoms with Gasteiger partial charge in [0.1, 0.15) is 11.6 Å². The zero-order valence-electron chi connectivity index (χ0n) is 25.4. The van der Waals surface area contributed by atoms with Gasteiger partial charge in [0.15, 0.2) is 0 Å². The van der Waals surface area contributed by atoms with Crippen molar-refractivity contribution in [2.45, 2.75) is 103 Å². The minimum Gasteiger partial charge on any atom is -0.394 e. The summed E-state index contributed by atoms with van der Waals surface area (Å²) in [5, 5.41) is 10.5. The molecule has 2 bridgehead atoms. The van der Waals surface area contributed by atoms with Gasteiger partial charge in [0, 0.05) is 25.2 Å². The highest BCUT2D eigenvalue weighted by Crippen LogP contribution is 2.66. The first-order valence-electron chi connectivity index (χ1n) is 14.6. The highest BCUT2D eigenvalue weighted by Gasteiger charge is 2.80. The Hall–Kier alpha value is -2.19. The Bertz CT molecular complexity index is 974. The van der Waals surface area contributed by atoms with E-state index in [4.69, 9.17) is 4.74 Å². The Labute approximate surface area is 235 Å². The van der Waals surface area contributed by atoms with Gasteiger partial charge in [-0.3, -0.25) is 14.4 Å². The molecule has 39 heavy (non-hydrogen) atoms. The predicted molar refractivity (Wildman–Crippen MR) is 153 cm³/mol. The van der Waals surface area contributed by atoms with Gasteiger partial charge >= 0.3 is 0 Å². The van der Waals surface area contributed by atoms with E-state index >= 15 is 0 Å². The zero-order chi connectivity index (χ0) is 29.5. The lowest BCUT2D eigenvalue weighted by Gasteiger charge is -2.43. The summed E-state index contributed by atoms with van der Waals surface area (Å²) in [5.74, 6) is -1.97. The highest BCUT2D eigenvalue weighted by molar-refractivity contribution is 5.99. The molecule has 3 rings (SSSR count). The quantitative estimate of drug-likeness (QED) is 0.378. The minimum atomic E-state index is -1.15. The SMILES string of the molecule is C=CCN(CCC)C(=O)[C@@H]1[C@H]2C(=O)N([C@@H](CO)CC(C)C)C(C(=O)N(CC=C)C(C)(C)C)C23CC(C)[C@@]1(C)O3. The van der Waals surface area contributed by atoms with Gasteiger partial charge in [-0.05, 0) is 58.8 Å². The van der Waals surface area contributed by atoms with E-state index in [2.05, 4.69) is 20.1 Å². The second-order valence-electron chi connectivity index (χ2n) is 13.4. The standard InChI is InChI=1S/C31H51N3O5/c1-11-14-32(15-12-2)26(36)23-24-27(37)34(22(19-35)17-20(4)5)25(28(38)33(16-13-3)29(7,8)9)31(24)18-21(6)30(23,10)39-31/h11,13,20-25,35H,1,3,12,14-19H2,2,4-10H3/t21?,22-,23+,24+,25?,30-,31?/m1/s1. The molecule has 0 aromatic carbocycles. The summed E-state index contributed by atoms with van der Waals surface area (Å²) in [6.07, 6.45) is 5.21. The van der Waals surface area contributed by atoms with Crippen molar-refractivity contribution in [1.29, 1.82) is 0 Å². The molecule has 0 aromatic heterocycles. The summed E-state index contributed by atoms with van der Waals surface area (Å²) in [5.41, 5.74) is -2.57. The Balaban J connectivity index is 2.23. The second kappa shape index (κ2) is 11.4. The third-order valence-corrected chi connectivity index (χ3v) is 9.14. The number of amides is 3. The summed E-state index contributed by atoms with van der Waals surface area (Å²) < 4.78 is 6.91. The number of hydrogen-bond acceptors (Lipinski definition) is 5. The van der Waals surface area contributed by atoms with E-state index in [1.165, 1.54) is 0 Å². The lowest BCUT2D eigenvalue weighted by atomic mass is 9.62. The molecule has 1 spiro atoms. The van der Waals surface area contributed by atoms with Crippen LogP contribution in [0.4, 0.5) is 0 Å². The topological polar surface area (TPSA) is 90.4 Å². The number of aliphatic hydroxyl groups excluding tert-OH is 1. The van der Waals surface area contributed by atoms with Crippen LogP contribution in [0, 0.1) is 23.7 Å². The van der Waals surface area contributed by atoms with Crippen LogP contribution in [-0.4, -0.2) is 92.6 Å². The van der Waals surface area contributed by atoms with E-state index in [-0.39, 0.29) is 36.2 Å².